The molecule has 0 radical (unpaired) electrons. The first kappa shape index (κ1) is 13.7. The van der Waals surface area contributed by atoms with E-state index in [1.165, 1.54) is 4.88 Å². The number of aryl methyl sites for hydroxylation is 1. The van der Waals surface area contributed by atoms with Gasteiger partial charge in [-0.05, 0) is 31.2 Å². The molecule has 2 aromatic rings. The van der Waals surface area contributed by atoms with Crippen LogP contribution in [0.3, 0.4) is 0 Å². The Labute approximate surface area is 116 Å². The molecule has 0 aliphatic rings. The molecule has 2 rings (SSSR count). The van der Waals surface area contributed by atoms with Crippen LogP contribution >= 0.6 is 11.3 Å². The van der Waals surface area contributed by atoms with Gasteiger partial charge in [0.05, 0.1) is 21.8 Å². The van der Waals surface area contributed by atoms with E-state index in [1.807, 2.05) is 39.8 Å². The van der Waals surface area contributed by atoms with Crippen LogP contribution in [0.15, 0.2) is 24.3 Å². The van der Waals surface area contributed by atoms with Gasteiger partial charge in [0.15, 0.2) is 0 Å². The highest BCUT2D eigenvalue weighted by Crippen LogP contribution is 2.30. The predicted molar refractivity (Wildman–Crippen MR) is 77.9 cm³/mol. The fourth-order valence-electron chi connectivity index (χ4n) is 1.91. The summed E-state index contributed by atoms with van der Waals surface area (Å²) in [4.78, 5) is 18.1. The summed E-state index contributed by atoms with van der Waals surface area (Å²) in [5, 5.41) is 9.26. The molecule has 2 aromatic heterocycles. The first-order valence-corrected chi connectivity index (χ1v) is 6.92. The van der Waals surface area contributed by atoms with Crippen LogP contribution in [0, 0.1) is 6.92 Å². The van der Waals surface area contributed by atoms with E-state index in [4.69, 9.17) is 0 Å². The molecular weight excluding hydrogens is 258 g/mol. The molecule has 0 spiro atoms. The van der Waals surface area contributed by atoms with Crippen molar-refractivity contribution in [3.8, 4) is 10.6 Å². The molecule has 0 saturated heterocycles. The standard InChI is InChI=1S/C15H17NO2S/c1-9-5-8-12(19-9)11-7-6-10(14(17)18)13(16-11)15(2,3)4/h5-8H,1-4H3,(H,17,18). The van der Waals surface area contributed by atoms with Gasteiger partial charge in [0, 0.05) is 10.3 Å². The third kappa shape index (κ3) is 2.84. The molecule has 0 bridgehead atoms. The highest BCUT2D eigenvalue weighted by Gasteiger charge is 2.24. The topological polar surface area (TPSA) is 50.2 Å². The molecule has 0 saturated carbocycles. The number of aromatic nitrogens is 1. The highest BCUT2D eigenvalue weighted by atomic mass is 32.1. The van der Waals surface area contributed by atoms with Crippen molar-refractivity contribution in [2.45, 2.75) is 33.1 Å². The summed E-state index contributed by atoms with van der Waals surface area (Å²) < 4.78 is 0. The summed E-state index contributed by atoms with van der Waals surface area (Å²) >= 11 is 1.66. The third-order valence-electron chi connectivity index (χ3n) is 2.83. The van der Waals surface area contributed by atoms with E-state index in [9.17, 15) is 9.90 Å². The second-order valence-electron chi connectivity index (χ2n) is 5.56. The average Bonchev–Trinajstić information content (AvgIpc) is 2.74. The first-order chi connectivity index (χ1) is 8.79. The lowest BCUT2D eigenvalue weighted by Gasteiger charge is -2.20. The Balaban J connectivity index is 2.59. The number of rotatable bonds is 2. The van der Waals surface area contributed by atoms with Crippen molar-refractivity contribution in [2.75, 3.05) is 0 Å². The summed E-state index contributed by atoms with van der Waals surface area (Å²) in [5.41, 5.74) is 1.46. The molecule has 0 atom stereocenters. The van der Waals surface area contributed by atoms with E-state index in [0.29, 0.717) is 5.69 Å². The zero-order valence-electron chi connectivity index (χ0n) is 11.5. The van der Waals surface area contributed by atoms with Crippen molar-refractivity contribution in [1.29, 1.82) is 0 Å². The van der Waals surface area contributed by atoms with Crippen molar-refractivity contribution in [1.82, 2.24) is 4.98 Å². The molecule has 0 aromatic carbocycles. The zero-order chi connectivity index (χ0) is 14.2. The maximum atomic E-state index is 11.3. The minimum absolute atomic E-state index is 0.282. The van der Waals surface area contributed by atoms with E-state index in [0.717, 1.165) is 10.6 Å². The number of nitrogens with zero attached hydrogens (tertiary/aromatic N) is 1. The highest BCUT2D eigenvalue weighted by molar-refractivity contribution is 7.15. The smallest absolute Gasteiger partial charge is 0.337 e. The number of carbonyl (C=O) groups is 1. The van der Waals surface area contributed by atoms with Crippen molar-refractivity contribution < 1.29 is 9.90 Å². The predicted octanol–water partition coefficient (Wildman–Crippen LogP) is 4.11. The van der Waals surface area contributed by atoms with Crippen LogP contribution in [0.25, 0.3) is 10.6 Å². The van der Waals surface area contributed by atoms with Gasteiger partial charge >= 0.3 is 5.97 Å². The quantitative estimate of drug-likeness (QED) is 0.897. The number of thiophene rings is 1. The lowest BCUT2D eigenvalue weighted by molar-refractivity contribution is 0.0693. The Morgan fingerprint density at radius 1 is 1.21 bits per heavy atom. The fraction of sp³-hybridized carbons (Fsp3) is 0.333. The summed E-state index contributed by atoms with van der Waals surface area (Å²) in [5.74, 6) is -0.925. The van der Waals surface area contributed by atoms with E-state index >= 15 is 0 Å². The number of aromatic carboxylic acids is 1. The van der Waals surface area contributed by atoms with Crippen LogP contribution in [0.4, 0.5) is 0 Å². The van der Waals surface area contributed by atoms with Crippen LogP contribution in [0.5, 0.6) is 0 Å². The monoisotopic (exact) mass is 275 g/mol. The summed E-state index contributed by atoms with van der Waals surface area (Å²) in [6.07, 6.45) is 0. The van der Waals surface area contributed by atoms with Crippen LogP contribution in [0.2, 0.25) is 0 Å². The average molecular weight is 275 g/mol. The van der Waals surface area contributed by atoms with Crippen molar-refractivity contribution >= 4 is 17.3 Å². The second kappa shape index (κ2) is 4.78. The molecule has 2 heterocycles. The van der Waals surface area contributed by atoms with Gasteiger partial charge in [0.2, 0.25) is 0 Å². The van der Waals surface area contributed by atoms with Crippen molar-refractivity contribution in [3.63, 3.8) is 0 Å². The lowest BCUT2D eigenvalue weighted by atomic mass is 9.88. The molecule has 0 aliphatic heterocycles. The third-order valence-corrected chi connectivity index (χ3v) is 3.85. The number of carboxylic acids is 1. The van der Waals surface area contributed by atoms with E-state index in [2.05, 4.69) is 4.98 Å². The van der Waals surface area contributed by atoms with Crippen LogP contribution in [-0.2, 0) is 5.41 Å². The van der Waals surface area contributed by atoms with E-state index in [-0.39, 0.29) is 11.0 Å². The Bertz CT molecular complexity index is 623. The van der Waals surface area contributed by atoms with Gasteiger partial charge in [-0.15, -0.1) is 11.3 Å². The van der Waals surface area contributed by atoms with Gasteiger partial charge in [-0.1, -0.05) is 20.8 Å². The molecule has 0 unspecified atom stereocenters. The molecule has 4 heteroatoms. The molecule has 3 nitrogen and oxygen atoms in total. The Kier molecular flexibility index (Phi) is 3.45. The van der Waals surface area contributed by atoms with Gasteiger partial charge in [-0.25, -0.2) is 4.79 Å². The van der Waals surface area contributed by atoms with Gasteiger partial charge in [0.1, 0.15) is 0 Å². The van der Waals surface area contributed by atoms with Crippen LogP contribution in [0.1, 0.15) is 41.7 Å². The summed E-state index contributed by atoms with van der Waals surface area (Å²) in [6, 6.07) is 7.50. The van der Waals surface area contributed by atoms with Crippen molar-refractivity contribution in [3.05, 3.63) is 40.4 Å². The first-order valence-electron chi connectivity index (χ1n) is 6.10. The molecule has 0 aliphatic carbocycles. The van der Waals surface area contributed by atoms with E-state index in [1.54, 1.807) is 23.5 Å². The Morgan fingerprint density at radius 2 is 1.89 bits per heavy atom. The van der Waals surface area contributed by atoms with Crippen LogP contribution in [-0.4, -0.2) is 16.1 Å². The minimum atomic E-state index is -0.925. The Morgan fingerprint density at radius 3 is 2.37 bits per heavy atom. The summed E-state index contributed by atoms with van der Waals surface area (Å²) in [6.45, 7) is 7.98. The van der Waals surface area contributed by atoms with Gasteiger partial charge < -0.3 is 5.11 Å². The molecule has 0 amide bonds. The molecule has 1 N–H and O–H groups in total. The van der Waals surface area contributed by atoms with Crippen LogP contribution < -0.4 is 0 Å². The van der Waals surface area contributed by atoms with Gasteiger partial charge in [0.25, 0.3) is 0 Å². The fourth-order valence-corrected chi connectivity index (χ4v) is 2.75. The molecular formula is C15H17NO2S. The maximum absolute atomic E-state index is 11.3. The van der Waals surface area contributed by atoms with Crippen molar-refractivity contribution in [2.24, 2.45) is 0 Å². The molecule has 100 valence electrons. The number of carboxylic acid groups (broad SMARTS) is 1. The zero-order valence-corrected chi connectivity index (χ0v) is 12.3. The normalized spacial score (nSPS) is 11.6. The maximum Gasteiger partial charge on any atom is 0.337 e. The largest absolute Gasteiger partial charge is 0.478 e. The number of pyridine rings is 1. The number of hydrogen-bond acceptors (Lipinski definition) is 3. The molecule has 19 heavy (non-hydrogen) atoms. The Hall–Kier alpha value is -1.68. The van der Waals surface area contributed by atoms with Gasteiger partial charge in [-0.2, -0.15) is 0 Å². The lowest BCUT2D eigenvalue weighted by Crippen LogP contribution is -2.19. The minimum Gasteiger partial charge on any atom is -0.478 e. The SMILES string of the molecule is Cc1ccc(-c2ccc(C(=O)O)c(C(C)(C)C)n2)s1. The molecule has 0 fully saturated rings. The number of hydrogen-bond donors (Lipinski definition) is 1. The second-order valence-corrected chi connectivity index (χ2v) is 6.85. The van der Waals surface area contributed by atoms with Gasteiger partial charge in [-0.3, -0.25) is 4.98 Å². The van der Waals surface area contributed by atoms with E-state index < -0.39 is 5.97 Å². The summed E-state index contributed by atoms with van der Waals surface area (Å²) in [7, 11) is 0.